The topological polar surface area (TPSA) is 20.2 Å². The lowest BCUT2D eigenvalue weighted by molar-refractivity contribution is 0.152. The van der Waals surface area contributed by atoms with Crippen LogP contribution >= 0.6 is 0 Å². The summed E-state index contributed by atoms with van der Waals surface area (Å²) in [6.07, 6.45) is 3.79. The van der Waals surface area contributed by atoms with Gasteiger partial charge in [-0.2, -0.15) is 0 Å². The van der Waals surface area contributed by atoms with E-state index in [0.29, 0.717) is 5.92 Å². The molecule has 1 aliphatic rings. The maximum absolute atomic E-state index is 9.18. The number of hydrogen-bond acceptors (Lipinski definition) is 1. The quantitative estimate of drug-likeness (QED) is 0.534. The van der Waals surface area contributed by atoms with Crippen LogP contribution in [0.4, 0.5) is 0 Å². The van der Waals surface area contributed by atoms with E-state index in [1.165, 1.54) is 0 Å². The number of rotatable bonds is 2. The third kappa shape index (κ3) is 0.920. The van der Waals surface area contributed by atoms with E-state index in [1.807, 2.05) is 13.0 Å². The second-order valence-electron chi connectivity index (χ2n) is 2.78. The fraction of sp³-hybridized carbons (Fsp3) is 0.714. The molecule has 0 saturated heterocycles. The molecular weight excluding hydrogens is 100 g/mol. The number of aliphatic hydroxyl groups is 1. The molecule has 0 aromatic heterocycles. The third-order valence-electron chi connectivity index (χ3n) is 1.83. The highest BCUT2D eigenvalue weighted by Crippen LogP contribution is 2.45. The van der Waals surface area contributed by atoms with Gasteiger partial charge in [0.15, 0.2) is 0 Å². The molecule has 1 fully saturated rings. The summed E-state index contributed by atoms with van der Waals surface area (Å²) in [4.78, 5) is 0. The van der Waals surface area contributed by atoms with E-state index in [4.69, 9.17) is 0 Å². The first-order valence-corrected chi connectivity index (χ1v) is 3.00. The van der Waals surface area contributed by atoms with Crippen molar-refractivity contribution in [3.8, 4) is 0 Å². The molecule has 0 aliphatic heterocycles. The molecule has 0 aromatic carbocycles. The molecular formula is C7H12O. The molecule has 1 aliphatic carbocycles. The first-order valence-electron chi connectivity index (χ1n) is 3.00. The molecule has 2 atom stereocenters. The minimum absolute atomic E-state index is 0.353. The molecule has 0 unspecified atom stereocenters. The lowest BCUT2D eigenvalue weighted by Crippen LogP contribution is -2.01. The van der Waals surface area contributed by atoms with E-state index in [1.54, 1.807) is 0 Å². The van der Waals surface area contributed by atoms with Gasteiger partial charge in [0.2, 0.25) is 0 Å². The molecule has 8 heavy (non-hydrogen) atoms. The highest BCUT2D eigenvalue weighted by atomic mass is 16.3. The second kappa shape index (κ2) is 1.59. The lowest BCUT2D eigenvalue weighted by atomic mass is 10.2. The van der Waals surface area contributed by atoms with Crippen LogP contribution in [-0.2, 0) is 0 Å². The number of hydrogen-bond donors (Lipinski definition) is 1. The van der Waals surface area contributed by atoms with Crippen LogP contribution in [0.5, 0.6) is 0 Å². The van der Waals surface area contributed by atoms with E-state index in [2.05, 4.69) is 6.58 Å². The monoisotopic (exact) mass is 112 g/mol. The minimum Gasteiger partial charge on any atom is -0.390 e. The zero-order valence-electron chi connectivity index (χ0n) is 5.22. The van der Waals surface area contributed by atoms with E-state index >= 15 is 0 Å². The van der Waals surface area contributed by atoms with E-state index in [0.717, 1.165) is 12.8 Å². The predicted molar refractivity (Wildman–Crippen MR) is 33.5 cm³/mol. The summed E-state index contributed by atoms with van der Waals surface area (Å²) < 4.78 is 0. The molecule has 0 spiro atoms. The molecule has 0 heterocycles. The predicted octanol–water partition coefficient (Wildman–Crippen LogP) is 1.33. The van der Waals surface area contributed by atoms with Gasteiger partial charge in [-0.15, -0.1) is 6.58 Å². The van der Waals surface area contributed by atoms with Crippen LogP contribution < -0.4 is 0 Å². The van der Waals surface area contributed by atoms with Gasteiger partial charge in [0.1, 0.15) is 0 Å². The van der Waals surface area contributed by atoms with Gasteiger partial charge in [0, 0.05) is 0 Å². The Bertz CT molecular complexity index is 105. The van der Waals surface area contributed by atoms with Gasteiger partial charge < -0.3 is 5.11 Å². The fourth-order valence-electron chi connectivity index (χ4n) is 0.978. The first kappa shape index (κ1) is 5.83. The van der Waals surface area contributed by atoms with Gasteiger partial charge in [0.25, 0.3) is 0 Å². The van der Waals surface area contributed by atoms with E-state index < -0.39 is 0 Å². The Morgan fingerprint density at radius 1 is 2.00 bits per heavy atom. The van der Waals surface area contributed by atoms with Gasteiger partial charge in [-0.25, -0.2) is 0 Å². The van der Waals surface area contributed by atoms with Crippen molar-refractivity contribution >= 4 is 0 Å². The molecule has 46 valence electrons. The zero-order valence-corrected chi connectivity index (χ0v) is 5.22. The fourth-order valence-corrected chi connectivity index (χ4v) is 0.978. The molecule has 0 aromatic rings. The summed E-state index contributed by atoms with van der Waals surface area (Å²) in [7, 11) is 0. The van der Waals surface area contributed by atoms with Crippen molar-refractivity contribution < 1.29 is 5.11 Å². The van der Waals surface area contributed by atoms with Crippen molar-refractivity contribution in [2.45, 2.75) is 25.4 Å². The Morgan fingerprint density at radius 2 is 2.50 bits per heavy atom. The Hall–Kier alpha value is -0.300. The van der Waals surface area contributed by atoms with Crippen LogP contribution in [0.25, 0.3) is 0 Å². The highest BCUT2D eigenvalue weighted by molar-refractivity contribution is 5.01. The van der Waals surface area contributed by atoms with Crippen molar-refractivity contribution in [2.24, 2.45) is 5.92 Å². The molecule has 1 nitrogen and oxygen atoms in total. The first-order chi connectivity index (χ1) is 3.67. The summed E-state index contributed by atoms with van der Waals surface area (Å²) >= 11 is 0. The van der Waals surface area contributed by atoms with Gasteiger partial charge >= 0.3 is 0 Å². The summed E-state index contributed by atoms with van der Waals surface area (Å²) in [5, 5.41) is 9.18. The smallest absolute Gasteiger partial charge is 0.0655 e. The van der Waals surface area contributed by atoms with Crippen molar-refractivity contribution in [3.05, 3.63) is 12.7 Å². The summed E-state index contributed by atoms with van der Waals surface area (Å²) in [5.41, 5.74) is -0.353. The zero-order chi connectivity index (χ0) is 6.20. The van der Waals surface area contributed by atoms with Gasteiger partial charge in [0.05, 0.1) is 5.60 Å². The van der Waals surface area contributed by atoms with Crippen LogP contribution in [0.1, 0.15) is 19.8 Å². The Kier molecular flexibility index (Phi) is 1.16. The van der Waals surface area contributed by atoms with E-state index in [-0.39, 0.29) is 5.60 Å². The second-order valence-corrected chi connectivity index (χ2v) is 2.78. The molecule has 1 heteroatoms. The minimum atomic E-state index is -0.353. The SMILES string of the molecule is C=CC[C@H]1C[C@]1(C)O. The molecule has 0 bridgehead atoms. The van der Waals surface area contributed by atoms with Gasteiger partial charge in [-0.1, -0.05) is 6.08 Å². The molecule has 1 rings (SSSR count). The highest BCUT2D eigenvalue weighted by Gasteiger charge is 2.47. The molecule has 0 amide bonds. The normalized spacial score (nSPS) is 44.0. The molecule has 0 radical (unpaired) electrons. The molecule has 1 N–H and O–H groups in total. The molecule has 1 saturated carbocycles. The maximum Gasteiger partial charge on any atom is 0.0655 e. The van der Waals surface area contributed by atoms with Gasteiger partial charge in [-0.05, 0) is 25.7 Å². The summed E-state index contributed by atoms with van der Waals surface area (Å²) in [6.45, 7) is 5.47. The Balaban J connectivity index is 2.26. The average Bonchev–Trinajstić information content (AvgIpc) is 2.15. The number of allylic oxidation sites excluding steroid dienone is 1. The van der Waals surface area contributed by atoms with Gasteiger partial charge in [-0.3, -0.25) is 0 Å². The Labute approximate surface area is 50.0 Å². The average molecular weight is 112 g/mol. The summed E-state index contributed by atoms with van der Waals surface area (Å²) in [5.74, 6) is 0.500. The van der Waals surface area contributed by atoms with Crippen LogP contribution in [-0.4, -0.2) is 10.7 Å². The lowest BCUT2D eigenvalue weighted by Gasteiger charge is -1.96. The standard InChI is InChI=1S/C7H12O/c1-3-4-6-5-7(6,2)8/h3,6,8H,1,4-5H2,2H3/t6-,7-/m0/s1. The maximum atomic E-state index is 9.18. The van der Waals surface area contributed by atoms with Crippen LogP contribution in [0, 0.1) is 5.92 Å². The van der Waals surface area contributed by atoms with Crippen LogP contribution in [0.3, 0.4) is 0 Å². The Morgan fingerprint density at radius 3 is 2.62 bits per heavy atom. The van der Waals surface area contributed by atoms with Crippen molar-refractivity contribution in [1.82, 2.24) is 0 Å². The van der Waals surface area contributed by atoms with Crippen LogP contribution in [0.2, 0.25) is 0 Å². The summed E-state index contributed by atoms with van der Waals surface area (Å²) in [6, 6.07) is 0. The van der Waals surface area contributed by atoms with Crippen molar-refractivity contribution in [2.75, 3.05) is 0 Å². The third-order valence-corrected chi connectivity index (χ3v) is 1.83. The van der Waals surface area contributed by atoms with Crippen molar-refractivity contribution in [1.29, 1.82) is 0 Å². The van der Waals surface area contributed by atoms with Crippen molar-refractivity contribution in [3.63, 3.8) is 0 Å². The largest absolute Gasteiger partial charge is 0.390 e. The van der Waals surface area contributed by atoms with Crippen LogP contribution in [0.15, 0.2) is 12.7 Å². The van der Waals surface area contributed by atoms with E-state index in [9.17, 15) is 5.11 Å².